The van der Waals surface area contributed by atoms with Crippen LogP contribution < -0.4 is 16.4 Å². The second-order valence-electron chi connectivity index (χ2n) is 8.56. The lowest BCUT2D eigenvalue weighted by Crippen LogP contribution is -2.40. The zero-order valence-electron chi connectivity index (χ0n) is 17.3. The largest absolute Gasteiger partial charge is 0.353 e. The highest BCUT2D eigenvalue weighted by Crippen LogP contribution is 2.28. The van der Waals surface area contributed by atoms with Crippen LogP contribution in [0.2, 0.25) is 0 Å². The van der Waals surface area contributed by atoms with Gasteiger partial charge in [-0.1, -0.05) is 37.8 Å². The molecule has 0 bridgehead atoms. The number of anilines is 1. The van der Waals surface area contributed by atoms with Crippen LogP contribution in [0.4, 0.5) is 5.69 Å². The van der Waals surface area contributed by atoms with E-state index >= 15 is 0 Å². The third-order valence-corrected chi connectivity index (χ3v) is 6.21. The molecule has 1 aromatic carbocycles. The number of hydrogen-bond acceptors (Lipinski definition) is 3. The fourth-order valence-corrected chi connectivity index (χ4v) is 4.52. The van der Waals surface area contributed by atoms with Gasteiger partial charge in [-0.05, 0) is 69.5 Å². The predicted octanol–water partition coefficient (Wildman–Crippen LogP) is 4.34. The Morgan fingerprint density at radius 1 is 1.11 bits per heavy atom. The van der Waals surface area contributed by atoms with Crippen molar-refractivity contribution in [3.63, 3.8) is 0 Å². The van der Waals surface area contributed by atoms with Gasteiger partial charge in [-0.25, -0.2) is 0 Å². The monoisotopic (exact) mass is 384 g/mol. The molecule has 0 radical (unpaired) electrons. The molecule has 5 nitrogen and oxygen atoms in total. The number of carbonyl (C=O) groups excluding carboxylic acids is 1. The van der Waals surface area contributed by atoms with Crippen molar-refractivity contribution in [2.24, 2.45) is 22.6 Å². The van der Waals surface area contributed by atoms with Crippen LogP contribution in [0.15, 0.2) is 29.3 Å². The minimum absolute atomic E-state index is 0.0809. The summed E-state index contributed by atoms with van der Waals surface area (Å²) in [7, 11) is 0. The van der Waals surface area contributed by atoms with Gasteiger partial charge in [-0.3, -0.25) is 9.79 Å². The third kappa shape index (κ3) is 6.33. The van der Waals surface area contributed by atoms with Crippen molar-refractivity contribution in [1.82, 2.24) is 5.32 Å². The molecular formula is C23H36N4O. The van der Waals surface area contributed by atoms with Crippen molar-refractivity contribution in [3.05, 3.63) is 29.8 Å². The summed E-state index contributed by atoms with van der Waals surface area (Å²) in [6.45, 7) is 3.24. The van der Waals surface area contributed by atoms with E-state index in [2.05, 4.69) is 10.6 Å². The first-order valence-corrected chi connectivity index (χ1v) is 11.0. The van der Waals surface area contributed by atoms with E-state index in [1.165, 1.54) is 57.8 Å². The van der Waals surface area contributed by atoms with Gasteiger partial charge >= 0.3 is 0 Å². The Hall–Kier alpha value is -1.88. The molecular weight excluding hydrogens is 348 g/mol. The number of rotatable bonds is 6. The lowest BCUT2D eigenvalue weighted by molar-refractivity contribution is 0.101. The number of benzene rings is 1. The molecule has 0 heterocycles. The highest BCUT2D eigenvalue weighted by atomic mass is 16.1. The summed E-state index contributed by atoms with van der Waals surface area (Å²) < 4.78 is 0. The molecule has 28 heavy (non-hydrogen) atoms. The van der Waals surface area contributed by atoms with E-state index in [1.54, 1.807) is 6.92 Å². The van der Waals surface area contributed by atoms with E-state index in [4.69, 9.17) is 10.7 Å². The van der Waals surface area contributed by atoms with Gasteiger partial charge in [0.25, 0.3) is 0 Å². The van der Waals surface area contributed by atoms with Gasteiger partial charge in [-0.2, -0.15) is 0 Å². The smallest absolute Gasteiger partial charge is 0.196 e. The zero-order valence-corrected chi connectivity index (χ0v) is 17.3. The summed E-state index contributed by atoms with van der Waals surface area (Å²) in [5.74, 6) is 2.21. The van der Waals surface area contributed by atoms with Crippen molar-refractivity contribution in [2.45, 2.75) is 70.8 Å². The maximum absolute atomic E-state index is 11.7. The van der Waals surface area contributed by atoms with Gasteiger partial charge in [0.05, 0.1) is 0 Å². The first-order chi connectivity index (χ1) is 13.6. The molecule has 0 amide bonds. The van der Waals surface area contributed by atoms with Crippen LogP contribution in [0.3, 0.4) is 0 Å². The molecule has 154 valence electrons. The molecule has 2 saturated carbocycles. The molecule has 2 fully saturated rings. The summed E-state index contributed by atoms with van der Waals surface area (Å²) >= 11 is 0. The lowest BCUT2D eigenvalue weighted by Gasteiger charge is -2.28. The summed E-state index contributed by atoms with van der Waals surface area (Å²) in [6.07, 6.45) is 11.3. The number of nitrogens with one attached hydrogen (secondary N) is 2. The Bertz CT molecular complexity index is 666. The van der Waals surface area contributed by atoms with E-state index in [0.717, 1.165) is 30.3 Å². The van der Waals surface area contributed by atoms with E-state index in [0.29, 0.717) is 17.9 Å². The molecule has 2 aliphatic rings. The molecule has 5 heteroatoms. The van der Waals surface area contributed by atoms with Gasteiger partial charge in [0.15, 0.2) is 11.7 Å². The molecule has 2 unspecified atom stereocenters. The second kappa shape index (κ2) is 10.6. The summed E-state index contributed by atoms with van der Waals surface area (Å²) in [6, 6.07) is 8.17. The Labute approximate surface area is 169 Å². The van der Waals surface area contributed by atoms with Crippen molar-refractivity contribution in [1.29, 1.82) is 0 Å². The number of hydrogen-bond donors (Lipinski definition) is 3. The molecule has 4 N–H and O–H groups in total. The fraction of sp³-hybridized carbons (Fsp3) is 0.652. The number of ketones is 1. The predicted molar refractivity (Wildman–Crippen MR) is 117 cm³/mol. The van der Waals surface area contributed by atoms with Crippen LogP contribution >= 0.6 is 0 Å². The standard InChI is InChI=1S/C23H36N4O/c1-17(28)20-9-6-12-22(14-20)27-23(26-21-10-3-2-4-11-21)25-16-19-8-5-7-18(13-19)15-24/h6,9,12,14,18-19,21H,2-5,7-8,10-11,13,15-16,24H2,1H3,(H2,25,26,27). The maximum Gasteiger partial charge on any atom is 0.196 e. The summed E-state index contributed by atoms with van der Waals surface area (Å²) in [4.78, 5) is 16.7. The molecule has 3 rings (SSSR count). The number of carbonyl (C=O) groups is 1. The molecule has 0 spiro atoms. The number of guanidine groups is 1. The van der Waals surface area contributed by atoms with E-state index in [1.807, 2.05) is 24.3 Å². The SMILES string of the molecule is CC(=O)c1cccc(NC(=NCC2CCCC(CN)C2)NC2CCCCC2)c1. The quantitative estimate of drug-likeness (QED) is 0.387. The molecule has 0 aromatic heterocycles. The summed E-state index contributed by atoms with van der Waals surface area (Å²) in [5, 5.41) is 7.10. The molecule has 1 aromatic rings. The van der Waals surface area contributed by atoms with Crippen LogP contribution in [0.5, 0.6) is 0 Å². The number of Topliss-reactive ketones (excluding diaryl/α,β-unsaturated/α-hetero) is 1. The van der Waals surface area contributed by atoms with E-state index in [-0.39, 0.29) is 5.78 Å². The van der Waals surface area contributed by atoms with Crippen molar-refractivity contribution < 1.29 is 4.79 Å². The molecule has 0 aliphatic heterocycles. The Balaban J connectivity index is 1.68. The molecule has 2 aliphatic carbocycles. The zero-order chi connectivity index (χ0) is 19.8. The molecule has 0 saturated heterocycles. The lowest BCUT2D eigenvalue weighted by atomic mass is 9.81. The molecule has 2 atom stereocenters. The fourth-order valence-electron chi connectivity index (χ4n) is 4.52. The van der Waals surface area contributed by atoms with Crippen molar-refractivity contribution in [2.75, 3.05) is 18.4 Å². The van der Waals surface area contributed by atoms with Crippen LogP contribution in [0, 0.1) is 11.8 Å². The average Bonchev–Trinajstić information content (AvgIpc) is 2.73. The van der Waals surface area contributed by atoms with Gasteiger partial charge in [0, 0.05) is 23.8 Å². The highest BCUT2D eigenvalue weighted by Gasteiger charge is 2.21. The minimum Gasteiger partial charge on any atom is -0.353 e. The maximum atomic E-state index is 11.7. The van der Waals surface area contributed by atoms with Crippen molar-refractivity contribution in [3.8, 4) is 0 Å². The topological polar surface area (TPSA) is 79.5 Å². The average molecular weight is 385 g/mol. The first kappa shape index (κ1) is 20.8. The minimum atomic E-state index is 0.0809. The second-order valence-corrected chi connectivity index (χ2v) is 8.56. The Morgan fingerprint density at radius 3 is 2.64 bits per heavy atom. The Kier molecular flexibility index (Phi) is 7.90. The van der Waals surface area contributed by atoms with Crippen LogP contribution in [-0.4, -0.2) is 30.9 Å². The van der Waals surface area contributed by atoms with E-state index < -0.39 is 0 Å². The van der Waals surface area contributed by atoms with Gasteiger partial charge in [0.2, 0.25) is 0 Å². The van der Waals surface area contributed by atoms with Crippen LogP contribution in [0.25, 0.3) is 0 Å². The number of nitrogens with two attached hydrogens (primary N) is 1. The first-order valence-electron chi connectivity index (χ1n) is 11.0. The highest BCUT2D eigenvalue weighted by molar-refractivity contribution is 5.98. The normalized spacial score (nSPS) is 24.0. The third-order valence-electron chi connectivity index (χ3n) is 6.21. The van der Waals surface area contributed by atoms with Gasteiger partial charge in [0.1, 0.15) is 0 Å². The van der Waals surface area contributed by atoms with Crippen molar-refractivity contribution >= 4 is 17.4 Å². The van der Waals surface area contributed by atoms with Gasteiger partial charge < -0.3 is 16.4 Å². The number of aliphatic imine (C=N–C) groups is 1. The van der Waals surface area contributed by atoms with E-state index in [9.17, 15) is 4.79 Å². The van der Waals surface area contributed by atoms with Crippen LogP contribution in [0.1, 0.15) is 75.1 Å². The number of nitrogens with zero attached hydrogens (tertiary/aromatic N) is 1. The Morgan fingerprint density at radius 2 is 1.89 bits per heavy atom. The van der Waals surface area contributed by atoms with Crippen LogP contribution in [-0.2, 0) is 0 Å². The summed E-state index contributed by atoms with van der Waals surface area (Å²) in [5.41, 5.74) is 7.54. The van der Waals surface area contributed by atoms with Gasteiger partial charge in [-0.15, -0.1) is 0 Å².